The van der Waals surface area contributed by atoms with Crippen LogP contribution < -0.4 is 11.0 Å². The molecule has 0 radical (unpaired) electrons. The number of hydrogen-bond acceptors (Lipinski definition) is 3. The predicted molar refractivity (Wildman–Crippen MR) is 92.1 cm³/mol. The van der Waals surface area contributed by atoms with Crippen LogP contribution >= 0.6 is 11.6 Å². The quantitative estimate of drug-likeness (QED) is 0.932. The smallest absolute Gasteiger partial charge is 0.324 e. The first-order chi connectivity index (χ1) is 10.8. The second-order valence-corrected chi connectivity index (χ2v) is 6.00. The van der Waals surface area contributed by atoms with Crippen molar-refractivity contribution in [2.45, 2.75) is 40.2 Å². The number of aromatic nitrogens is 2. The molecule has 1 amide bonds. The Morgan fingerprint density at radius 3 is 2.61 bits per heavy atom. The molecule has 122 valence electrons. The molecule has 1 aromatic carbocycles. The van der Waals surface area contributed by atoms with Crippen LogP contribution in [0.5, 0.6) is 0 Å². The van der Waals surface area contributed by atoms with Crippen LogP contribution in [0, 0.1) is 20.8 Å². The Labute approximate surface area is 140 Å². The van der Waals surface area contributed by atoms with E-state index in [0.29, 0.717) is 28.5 Å². The molecule has 23 heavy (non-hydrogen) atoms. The van der Waals surface area contributed by atoms with E-state index in [0.717, 1.165) is 5.56 Å². The van der Waals surface area contributed by atoms with Gasteiger partial charge in [-0.15, -0.1) is 0 Å². The SMILES string of the molecule is CC[C@@H](C(=O)Nc1cc(Cl)ccc1C)n1c(C)cc(C)nc1=O. The summed E-state index contributed by atoms with van der Waals surface area (Å²) in [5.41, 5.74) is 2.50. The Bertz CT molecular complexity index is 799. The maximum Gasteiger partial charge on any atom is 0.348 e. The monoisotopic (exact) mass is 333 g/mol. The summed E-state index contributed by atoms with van der Waals surface area (Å²) in [4.78, 5) is 28.8. The molecule has 0 spiro atoms. The summed E-state index contributed by atoms with van der Waals surface area (Å²) in [7, 11) is 0. The third-order valence-corrected chi connectivity index (χ3v) is 3.97. The predicted octanol–water partition coefficient (Wildman–Crippen LogP) is 3.41. The van der Waals surface area contributed by atoms with Crippen molar-refractivity contribution in [1.29, 1.82) is 0 Å². The van der Waals surface area contributed by atoms with E-state index in [4.69, 9.17) is 11.6 Å². The van der Waals surface area contributed by atoms with Crippen LogP contribution in [-0.2, 0) is 4.79 Å². The Morgan fingerprint density at radius 1 is 1.30 bits per heavy atom. The number of carbonyl (C=O) groups excluding carboxylic acids is 1. The number of halogens is 1. The molecular weight excluding hydrogens is 314 g/mol. The van der Waals surface area contributed by atoms with Gasteiger partial charge in [-0.25, -0.2) is 4.79 Å². The summed E-state index contributed by atoms with van der Waals surface area (Å²) >= 11 is 5.98. The fourth-order valence-electron chi connectivity index (χ4n) is 2.57. The first-order valence-corrected chi connectivity index (χ1v) is 7.85. The zero-order valence-electron chi connectivity index (χ0n) is 13.7. The molecule has 0 aliphatic heterocycles. The normalized spacial score (nSPS) is 12.0. The zero-order valence-corrected chi connectivity index (χ0v) is 14.4. The molecular formula is C17H20ClN3O2. The molecule has 0 saturated carbocycles. The third kappa shape index (κ3) is 3.79. The standard InChI is InChI=1S/C17H20ClN3O2/c1-5-15(21-12(4)8-11(3)19-17(21)23)16(22)20-14-9-13(18)7-6-10(14)2/h6-9,15H,5H2,1-4H3,(H,20,22)/t15-/m0/s1. The van der Waals surface area contributed by atoms with Crippen LogP contribution in [0.2, 0.25) is 5.02 Å². The molecule has 0 saturated heterocycles. The lowest BCUT2D eigenvalue weighted by Crippen LogP contribution is -2.36. The number of nitrogens with one attached hydrogen (secondary N) is 1. The van der Waals surface area contributed by atoms with E-state index in [1.807, 2.05) is 19.9 Å². The molecule has 1 aromatic heterocycles. The van der Waals surface area contributed by atoms with Crippen LogP contribution in [-0.4, -0.2) is 15.5 Å². The van der Waals surface area contributed by atoms with Gasteiger partial charge in [0.1, 0.15) is 6.04 Å². The van der Waals surface area contributed by atoms with Gasteiger partial charge in [-0.3, -0.25) is 9.36 Å². The summed E-state index contributed by atoms with van der Waals surface area (Å²) in [5, 5.41) is 3.40. The van der Waals surface area contributed by atoms with Gasteiger partial charge in [0.2, 0.25) is 5.91 Å². The molecule has 5 nitrogen and oxygen atoms in total. The van der Waals surface area contributed by atoms with Crippen LogP contribution in [0.15, 0.2) is 29.1 Å². The lowest BCUT2D eigenvalue weighted by molar-refractivity contribution is -0.119. The van der Waals surface area contributed by atoms with Crippen LogP contribution in [0.3, 0.4) is 0 Å². The highest BCUT2D eigenvalue weighted by molar-refractivity contribution is 6.31. The number of rotatable bonds is 4. The number of aryl methyl sites for hydroxylation is 3. The minimum absolute atomic E-state index is 0.256. The lowest BCUT2D eigenvalue weighted by atomic mass is 10.1. The topological polar surface area (TPSA) is 64.0 Å². The Kier molecular flexibility index (Phi) is 5.21. The fraction of sp³-hybridized carbons (Fsp3) is 0.353. The number of benzene rings is 1. The first kappa shape index (κ1) is 17.2. The molecule has 1 atom stereocenters. The van der Waals surface area contributed by atoms with Crippen LogP contribution in [0.25, 0.3) is 0 Å². The lowest BCUT2D eigenvalue weighted by Gasteiger charge is -2.20. The second-order valence-electron chi connectivity index (χ2n) is 5.56. The fourth-order valence-corrected chi connectivity index (χ4v) is 2.74. The summed E-state index contributed by atoms with van der Waals surface area (Å²) in [6.07, 6.45) is 0.483. The average molecular weight is 334 g/mol. The first-order valence-electron chi connectivity index (χ1n) is 7.47. The van der Waals surface area contributed by atoms with E-state index >= 15 is 0 Å². The summed E-state index contributed by atoms with van der Waals surface area (Å²) in [5.74, 6) is -0.256. The van der Waals surface area contributed by atoms with Crippen LogP contribution in [0.1, 0.15) is 36.3 Å². The Hall–Kier alpha value is -2.14. The largest absolute Gasteiger partial charge is 0.348 e. The highest BCUT2D eigenvalue weighted by Gasteiger charge is 2.22. The Morgan fingerprint density at radius 2 is 2.00 bits per heavy atom. The van der Waals surface area contributed by atoms with Crippen LogP contribution in [0.4, 0.5) is 5.69 Å². The number of hydrogen-bond donors (Lipinski definition) is 1. The van der Waals surface area contributed by atoms with Gasteiger partial charge in [0, 0.05) is 22.1 Å². The number of anilines is 1. The van der Waals surface area contributed by atoms with E-state index in [2.05, 4.69) is 10.3 Å². The van der Waals surface area contributed by atoms with Crippen molar-refractivity contribution in [2.75, 3.05) is 5.32 Å². The average Bonchev–Trinajstić information content (AvgIpc) is 2.46. The molecule has 0 unspecified atom stereocenters. The zero-order chi connectivity index (χ0) is 17.1. The number of amides is 1. The molecule has 0 aliphatic carbocycles. The minimum Gasteiger partial charge on any atom is -0.324 e. The maximum atomic E-state index is 12.7. The molecule has 0 bridgehead atoms. The summed E-state index contributed by atoms with van der Waals surface area (Å²) in [6, 6.07) is 6.48. The molecule has 0 aliphatic rings. The number of nitrogens with zero attached hydrogens (tertiary/aromatic N) is 2. The van der Waals surface area contributed by atoms with E-state index < -0.39 is 11.7 Å². The van der Waals surface area contributed by atoms with Crippen molar-refractivity contribution in [1.82, 2.24) is 9.55 Å². The number of carbonyl (C=O) groups is 1. The molecule has 1 heterocycles. The van der Waals surface area contributed by atoms with E-state index in [-0.39, 0.29) is 5.91 Å². The van der Waals surface area contributed by atoms with E-state index in [1.165, 1.54) is 4.57 Å². The van der Waals surface area contributed by atoms with Crippen molar-refractivity contribution in [2.24, 2.45) is 0 Å². The third-order valence-electron chi connectivity index (χ3n) is 3.73. The summed E-state index contributed by atoms with van der Waals surface area (Å²) in [6.45, 7) is 7.31. The second kappa shape index (κ2) is 6.96. The highest BCUT2D eigenvalue weighted by atomic mass is 35.5. The Balaban J connectivity index is 2.36. The van der Waals surface area contributed by atoms with Crippen molar-refractivity contribution in [3.63, 3.8) is 0 Å². The van der Waals surface area contributed by atoms with Gasteiger partial charge in [0.25, 0.3) is 0 Å². The van der Waals surface area contributed by atoms with Crippen molar-refractivity contribution in [3.05, 3.63) is 56.7 Å². The molecule has 6 heteroatoms. The van der Waals surface area contributed by atoms with Gasteiger partial charge in [-0.1, -0.05) is 24.6 Å². The van der Waals surface area contributed by atoms with Gasteiger partial charge in [0.15, 0.2) is 0 Å². The maximum absolute atomic E-state index is 12.7. The van der Waals surface area contributed by atoms with Gasteiger partial charge in [-0.2, -0.15) is 4.98 Å². The van der Waals surface area contributed by atoms with Crippen molar-refractivity contribution in [3.8, 4) is 0 Å². The molecule has 1 N–H and O–H groups in total. The van der Waals surface area contributed by atoms with Gasteiger partial charge < -0.3 is 5.32 Å². The molecule has 0 fully saturated rings. The highest BCUT2D eigenvalue weighted by Crippen LogP contribution is 2.22. The van der Waals surface area contributed by atoms with Gasteiger partial charge in [-0.05, 0) is 51.0 Å². The van der Waals surface area contributed by atoms with Gasteiger partial charge >= 0.3 is 5.69 Å². The molecule has 2 rings (SSSR count). The molecule has 2 aromatic rings. The minimum atomic E-state index is -0.617. The van der Waals surface area contributed by atoms with E-state index in [1.54, 1.807) is 32.0 Å². The van der Waals surface area contributed by atoms with E-state index in [9.17, 15) is 9.59 Å². The summed E-state index contributed by atoms with van der Waals surface area (Å²) < 4.78 is 1.43. The van der Waals surface area contributed by atoms with Crippen molar-refractivity contribution < 1.29 is 4.79 Å². The van der Waals surface area contributed by atoms with Crippen molar-refractivity contribution >= 4 is 23.2 Å². The van der Waals surface area contributed by atoms with Gasteiger partial charge in [0.05, 0.1) is 0 Å².